The molecule has 0 spiro atoms. The van der Waals surface area contributed by atoms with Gasteiger partial charge in [-0.15, -0.1) is 0 Å². The Morgan fingerprint density at radius 3 is 2.43 bits per heavy atom. The zero-order valence-corrected chi connectivity index (χ0v) is 13.6. The molecule has 2 amide bonds. The molecule has 1 fully saturated rings. The summed E-state index contributed by atoms with van der Waals surface area (Å²) >= 11 is 0. The molecule has 0 saturated heterocycles. The van der Waals surface area contributed by atoms with Crippen molar-refractivity contribution < 1.29 is 14.3 Å². The van der Waals surface area contributed by atoms with Gasteiger partial charge >= 0.3 is 6.09 Å². The largest absolute Gasteiger partial charge is 0.444 e. The highest BCUT2D eigenvalue weighted by Gasteiger charge is 2.25. The maximum atomic E-state index is 11.8. The summed E-state index contributed by atoms with van der Waals surface area (Å²) in [5.74, 6) is -0.00934. The van der Waals surface area contributed by atoms with Gasteiger partial charge in [0.2, 0.25) is 5.91 Å². The van der Waals surface area contributed by atoms with Gasteiger partial charge in [0.05, 0.1) is 0 Å². The van der Waals surface area contributed by atoms with Crippen molar-refractivity contribution in [3.05, 3.63) is 0 Å². The molecule has 1 rings (SSSR count). The van der Waals surface area contributed by atoms with E-state index in [-0.39, 0.29) is 18.0 Å². The molecule has 2 unspecified atom stereocenters. The molecule has 0 bridgehead atoms. The van der Waals surface area contributed by atoms with E-state index in [2.05, 4.69) is 16.0 Å². The quantitative estimate of drug-likeness (QED) is 0.673. The molecule has 0 aromatic carbocycles. The Hall–Kier alpha value is -1.30. The fourth-order valence-corrected chi connectivity index (χ4v) is 2.50. The molecular weight excluding hydrogens is 270 g/mol. The zero-order chi connectivity index (χ0) is 15.9. The van der Waals surface area contributed by atoms with Gasteiger partial charge in [0, 0.05) is 32.1 Å². The third kappa shape index (κ3) is 8.55. The van der Waals surface area contributed by atoms with E-state index in [1.54, 1.807) is 0 Å². The molecule has 0 aromatic rings. The number of hydrogen-bond acceptors (Lipinski definition) is 4. The lowest BCUT2D eigenvalue weighted by molar-refractivity contribution is -0.118. The maximum Gasteiger partial charge on any atom is 0.407 e. The molecule has 122 valence electrons. The standard InChI is InChI=1S/C15H29N3O3/c1-11(19)16-8-9-17-12-6-5-7-13(10-12)18-14(20)21-15(2,3)4/h12-13,17H,5-10H2,1-4H3,(H,16,19)(H,18,20). The molecular formula is C15H29N3O3. The Labute approximate surface area is 127 Å². The van der Waals surface area contributed by atoms with Crippen molar-refractivity contribution in [3.8, 4) is 0 Å². The molecule has 2 atom stereocenters. The number of amides is 2. The predicted molar refractivity (Wildman–Crippen MR) is 82.1 cm³/mol. The topological polar surface area (TPSA) is 79.5 Å². The summed E-state index contributed by atoms with van der Waals surface area (Å²) in [4.78, 5) is 22.5. The predicted octanol–water partition coefficient (Wildman–Crippen LogP) is 1.55. The van der Waals surface area contributed by atoms with Crippen molar-refractivity contribution in [2.24, 2.45) is 0 Å². The van der Waals surface area contributed by atoms with Crippen molar-refractivity contribution in [1.29, 1.82) is 0 Å². The van der Waals surface area contributed by atoms with Crippen LogP contribution in [-0.4, -0.2) is 42.8 Å². The highest BCUT2D eigenvalue weighted by molar-refractivity contribution is 5.72. The number of carbonyl (C=O) groups is 2. The number of nitrogens with one attached hydrogen (secondary N) is 3. The van der Waals surface area contributed by atoms with Gasteiger partial charge in [0.25, 0.3) is 0 Å². The van der Waals surface area contributed by atoms with Gasteiger partial charge in [0.15, 0.2) is 0 Å². The zero-order valence-electron chi connectivity index (χ0n) is 13.6. The summed E-state index contributed by atoms with van der Waals surface area (Å²) in [7, 11) is 0. The first-order valence-corrected chi connectivity index (χ1v) is 7.73. The molecule has 3 N–H and O–H groups in total. The molecule has 0 aromatic heterocycles. The Kier molecular flexibility index (Phi) is 6.95. The molecule has 6 heteroatoms. The van der Waals surface area contributed by atoms with Crippen molar-refractivity contribution in [1.82, 2.24) is 16.0 Å². The third-order valence-corrected chi connectivity index (χ3v) is 3.33. The van der Waals surface area contributed by atoms with Crippen LogP contribution in [0.15, 0.2) is 0 Å². The van der Waals surface area contributed by atoms with E-state index in [1.165, 1.54) is 6.92 Å². The van der Waals surface area contributed by atoms with E-state index in [4.69, 9.17) is 4.74 Å². The number of ether oxygens (including phenoxy) is 1. The summed E-state index contributed by atoms with van der Waals surface area (Å²) in [6.07, 6.45) is 3.74. The summed E-state index contributed by atoms with van der Waals surface area (Å²) in [5.41, 5.74) is -0.464. The average Bonchev–Trinajstić information content (AvgIpc) is 2.32. The van der Waals surface area contributed by atoms with Crippen LogP contribution in [0.25, 0.3) is 0 Å². The van der Waals surface area contributed by atoms with Gasteiger partial charge in [0.1, 0.15) is 5.60 Å². The minimum atomic E-state index is -0.464. The molecule has 6 nitrogen and oxygen atoms in total. The van der Waals surface area contributed by atoms with Gasteiger partial charge in [-0.2, -0.15) is 0 Å². The van der Waals surface area contributed by atoms with Crippen LogP contribution < -0.4 is 16.0 Å². The van der Waals surface area contributed by atoms with Gasteiger partial charge in [-0.25, -0.2) is 4.79 Å². The van der Waals surface area contributed by atoms with Gasteiger partial charge < -0.3 is 20.7 Å². The van der Waals surface area contributed by atoms with Crippen LogP contribution >= 0.6 is 0 Å². The molecule has 1 saturated carbocycles. The molecule has 21 heavy (non-hydrogen) atoms. The average molecular weight is 299 g/mol. The fraction of sp³-hybridized carbons (Fsp3) is 0.867. The third-order valence-electron chi connectivity index (χ3n) is 3.33. The molecule has 0 aliphatic heterocycles. The SMILES string of the molecule is CC(=O)NCCNC1CCCC(NC(=O)OC(C)(C)C)C1. The first-order chi connectivity index (χ1) is 9.76. The van der Waals surface area contributed by atoms with E-state index in [0.29, 0.717) is 12.6 Å². The second-order valence-electron chi connectivity index (χ2n) is 6.64. The van der Waals surface area contributed by atoms with Crippen molar-refractivity contribution in [2.45, 2.75) is 71.1 Å². The van der Waals surface area contributed by atoms with Crippen LogP contribution in [-0.2, 0) is 9.53 Å². The summed E-state index contributed by atoms with van der Waals surface area (Å²) < 4.78 is 5.28. The highest BCUT2D eigenvalue weighted by atomic mass is 16.6. The lowest BCUT2D eigenvalue weighted by Crippen LogP contribution is -2.46. The van der Waals surface area contributed by atoms with Crippen LogP contribution in [0, 0.1) is 0 Å². The molecule has 0 radical (unpaired) electrons. The Morgan fingerprint density at radius 2 is 1.81 bits per heavy atom. The minimum absolute atomic E-state index is 0.00934. The Morgan fingerprint density at radius 1 is 1.14 bits per heavy atom. The summed E-state index contributed by atoms with van der Waals surface area (Å²) in [6.45, 7) is 8.49. The van der Waals surface area contributed by atoms with Crippen molar-refractivity contribution >= 4 is 12.0 Å². The summed E-state index contributed by atoms with van der Waals surface area (Å²) in [5, 5.41) is 9.13. The van der Waals surface area contributed by atoms with E-state index < -0.39 is 5.60 Å². The van der Waals surface area contributed by atoms with Crippen molar-refractivity contribution in [3.63, 3.8) is 0 Å². The highest BCUT2D eigenvalue weighted by Crippen LogP contribution is 2.19. The van der Waals surface area contributed by atoms with E-state index in [9.17, 15) is 9.59 Å². The second kappa shape index (κ2) is 8.22. The van der Waals surface area contributed by atoms with Gasteiger partial charge in [-0.05, 0) is 46.5 Å². The smallest absolute Gasteiger partial charge is 0.407 e. The van der Waals surface area contributed by atoms with Crippen LogP contribution in [0.2, 0.25) is 0 Å². The lowest BCUT2D eigenvalue weighted by Gasteiger charge is -2.31. The number of carbonyl (C=O) groups excluding carboxylic acids is 2. The minimum Gasteiger partial charge on any atom is -0.444 e. The van der Waals surface area contributed by atoms with E-state index >= 15 is 0 Å². The van der Waals surface area contributed by atoms with Crippen LogP contribution in [0.1, 0.15) is 53.4 Å². The number of hydrogen-bond donors (Lipinski definition) is 3. The van der Waals surface area contributed by atoms with Gasteiger partial charge in [-0.3, -0.25) is 4.79 Å². The fourth-order valence-electron chi connectivity index (χ4n) is 2.50. The lowest BCUT2D eigenvalue weighted by atomic mass is 9.91. The van der Waals surface area contributed by atoms with Crippen LogP contribution in [0.3, 0.4) is 0 Å². The second-order valence-corrected chi connectivity index (χ2v) is 6.64. The number of alkyl carbamates (subject to hydrolysis) is 1. The van der Waals surface area contributed by atoms with Gasteiger partial charge in [-0.1, -0.05) is 0 Å². The van der Waals surface area contributed by atoms with E-state index in [1.807, 2.05) is 20.8 Å². The van der Waals surface area contributed by atoms with Crippen LogP contribution in [0.5, 0.6) is 0 Å². The Balaban J connectivity index is 2.25. The first-order valence-electron chi connectivity index (χ1n) is 7.73. The summed E-state index contributed by atoms with van der Waals surface area (Å²) in [6, 6.07) is 0.541. The van der Waals surface area contributed by atoms with Crippen molar-refractivity contribution in [2.75, 3.05) is 13.1 Å². The maximum absolute atomic E-state index is 11.8. The first kappa shape index (κ1) is 17.8. The van der Waals surface area contributed by atoms with E-state index in [0.717, 1.165) is 32.2 Å². The molecule has 0 heterocycles. The molecule has 1 aliphatic carbocycles. The van der Waals surface area contributed by atoms with Crippen LogP contribution in [0.4, 0.5) is 4.79 Å². The number of rotatable bonds is 5. The Bertz CT molecular complexity index is 353. The molecule has 1 aliphatic rings. The normalized spacial score (nSPS) is 22.5. The monoisotopic (exact) mass is 299 g/mol.